The average molecular weight is 606 g/mol. The predicted molar refractivity (Wildman–Crippen MR) is 147 cm³/mol. The van der Waals surface area contributed by atoms with Gasteiger partial charge in [0.2, 0.25) is 0 Å². The Morgan fingerprint density at radius 3 is 2.09 bits per heavy atom. The highest BCUT2D eigenvalue weighted by Crippen LogP contribution is 2.30. The molecule has 0 saturated heterocycles. The van der Waals surface area contributed by atoms with E-state index in [9.17, 15) is 4.79 Å². The normalized spacial score (nSPS) is 12.9. The van der Waals surface area contributed by atoms with Crippen molar-refractivity contribution in [3.05, 3.63) is 37.3 Å². The van der Waals surface area contributed by atoms with Crippen molar-refractivity contribution < 1.29 is 9.47 Å². The molecule has 0 unspecified atom stereocenters. The number of rotatable bonds is 10. The van der Waals surface area contributed by atoms with Crippen LogP contribution in [0.25, 0.3) is 22.1 Å². The van der Waals surface area contributed by atoms with E-state index in [2.05, 4.69) is 61.9 Å². The first-order chi connectivity index (χ1) is 14.9. The van der Waals surface area contributed by atoms with Gasteiger partial charge in [-0.2, -0.15) is 0 Å². The second kappa shape index (κ2) is 10.3. The third-order valence-electron chi connectivity index (χ3n) is 5.29. The fraction of sp³-hybridized carbons (Fsp3) is 0.545. The third kappa shape index (κ3) is 6.44. The molecule has 0 amide bonds. The number of halogens is 2. The Bertz CT molecular complexity index is 1170. The molecule has 0 aliphatic heterocycles. The van der Waals surface area contributed by atoms with Crippen LogP contribution in [0.5, 0.6) is 0 Å². The van der Waals surface area contributed by atoms with Crippen LogP contribution in [0.2, 0.25) is 56.4 Å². The van der Waals surface area contributed by atoms with Gasteiger partial charge in [-0.25, -0.2) is 9.78 Å². The minimum absolute atomic E-state index is 0.172. The molecule has 2 heterocycles. The second-order valence-electron chi connectivity index (χ2n) is 10.6. The largest absolute Gasteiger partial charge is 0.361 e. The van der Waals surface area contributed by atoms with Crippen LogP contribution in [-0.4, -0.2) is 43.5 Å². The summed E-state index contributed by atoms with van der Waals surface area (Å²) in [6.07, 6.45) is 0. The van der Waals surface area contributed by atoms with Gasteiger partial charge in [0.1, 0.15) is 13.5 Å². The van der Waals surface area contributed by atoms with Crippen molar-refractivity contribution in [2.24, 2.45) is 0 Å². The van der Waals surface area contributed by atoms with Crippen molar-refractivity contribution in [1.82, 2.24) is 14.1 Å². The van der Waals surface area contributed by atoms with Crippen LogP contribution in [0.1, 0.15) is 0 Å². The summed E-state index contributed by atoms with van der Waals surface area (Å²) in [6.45, 7) is 15.5. The Hall–Kier alpha value is -0.726. The smallest absolute Gasteiger partial charge is 0.334 e. The Morgan fingerprint density at radius 2 is 1.53 bits per heavy atom. The molecular formula is C22H33ClIN3O3Si2. The van der Waals surface area contributed by atoms with Crippen LogP contribution in [-0.2, 0) is 22.9 Å². The van der Waals surface area contributed by atoms with Gasteiger partial charge >= 0.3 is 5.69 Å². The number of fused-ring (bicyclic) bond motifs is 2. The molecule has 1 aromatic carbocycles. The van der Waals surface area contributed by atoms with E-state index in [1.165, 1.54) is 0 Å². The third-order valence-corrected chi connectivity index (χ3v) is 10.3. The van der Waals surface area contributed by atoms with E-state index in [1.54, 1.807) is 9.13 Å². The number of aromatic nitrogens is 3. The minimum Gasteiger partial charge on any atom is -0.361 e. The monoisotopic (exact) mass is 605 g/mol. The summed E-state index contributed by atoms with van der Waals surface area (Å²) in [5, 5.41) is 1.48. The fourth-order valence-electron chi connectivity index (χ4n) is 3.21. The molecule has 3 rings (SSSR count). The number of hydrogen-bond donors (Lipinski definition) is 0. The van der Waals surface area contributed by atoms with Crippen molar-refractivity contribution >= 4 is 72.4 Å². The van der Waals surface area contributed by atoms with Gasteiger partial charge in [-0.1, -0.05) is 50.9 Å². The second-order valence-corrected chi connectivity index (χ2v) is 23.4. The first-order valence-corrected chi connectivity index (χ1v) is 19.8. The summed E-state index contributed by atoms with van der Waals surface area (Å²) in [4.78, 5) is 18.1. The quantitative estimate of drug-likeness (QED) is 0.156. The van der Waals surface area contributed by atoms with Gasteiger partial charge in [-0.05, 0) is 52.9 Å². The predicted octanol–water partition coefficient (Wildman–Crippen LogP) is 6.23. The first-order valence-electron chi connectivity index (χ1n) is 10.9. The highest BCUT2D eigenvalue weighted by Gasteiger charge is 2.19. The maximum Gasteiger partial charge on any atom is 0.334 e. The van der Waals surface area contributed by atoms with Crippen molar-refractivity contribution in [1.29, 1.82) is 0 Å². The lowest BCUT2D eigenvalue weighted by molar-refractivity contribution is 0.0753. The molecule has 0 N–H and O–H groups in total. The minimum atomic E-state index is -1.21. The molecule has 0 aliphatic carbocycles. The van der Waals surface area contributed by atoms with Gasteiger partial charge in [0, 0.05) is 38.3 Å². The molecule has 0 bridgehead atoms. The first kappa shape index (κ1) is 25.9. The molecule has 6 nitrogen and oxygen atoms in total. The molecule has 0 aliphatic rings. The van der Waals surface area contributed by atoms with E-state index in [1.807, 2.05) is 18.2 Å². The van der Waals surface area contributed by atoms with E-state index >= 15 is 0 Å². The summed E-state index contributed by atoms with van der Waals surface area (Å²) in [6, 6.07) is 7.92. The highest BCUT2D eigenvalue weighted by atomic mass is 127. The molecular weight excluding hydrogens is 573 g/mol. The number of nitrogens with zero attached hydrogens (tertiary/aromatic N) is 3. The standard InChI is InChI=1S/C22H33ClIN3O3Si2/c1-31(2,3)11-9-29-14-26-19-13-16-18(8-7-17(24)20(16)23)25-21(19)27(22(26)28)15-30-10-12-32(4,5)6/h7-8,13H,9-12,14-15H2,1-6H3. The Kier molecular flexibility index (Phi) is 8.30. The topological polar surface area (TPSA) is 58.3 Å². The molecule has 10 heteroatoms. The fourth-order valence-corrected chi connectivity index (χ4v) is 5.41. The molecule has 0 fully saturated rings. The van der Waals surface area contributed by atoms with E-state index in [-0.39, 0.29) is 19.2 Å². The van der Waals surface area contributed by atoms with Gasteiger partial charge in [-0.15, -0.1) is 0 Å². The summed E-state index contributed by atoms with van der Waals surface area (Å²) in [7, 11) is -2.42. The lowest BCUT2D eigenvalue weighted by Gasteiger charge is -2.15. The highest BCUT2D eigenvalue weighted by molar-refractivity contribution is 14.1. The summed E-state index contributed by atoms with van der Waals surface area (Å²) < 4.78 is 16.0. The van der Waals surface area contributed by atoms with Gasteiger partial charge in [-0.3, -0.25) is 9.13 Å². The zero-order chi connectivity index (χ0) is 23.7. The van der Waals surface area contributed by atoms with Gasteiger partial charge < -0.3 is 9.47 Å². The average Bonchev–Trinajstić information content (AvgIpc) is 2.93. The lowest BCUT2D eigenvalue weighted by atomic mass is 10.2. The van der Waals surface area contributed by atoms with E-state index in [0.29, 0.717) is 29.4 Å². The molecule has 0 saturated carbocycles. The molecule has 176 valence electrons. The zero-order valence-electron chi connectivity index (χ0n) is 19.8. The number of ether oxygens (including phenoxy) is 2. The maximum atomic E-state index is 13.3. The van der Waals surface area contributed by atoms with Crippen LogP contribution in [0.3, 0.4) is 0 Å². The van der Waals surface area contributed by atoms with Crippen molar-refractivity contribution in [2.75, 3.05) is 13.2 Å². The molecule has 0 radical (unpaired) electrons. The molecule has 0 spiro atoms. The number of benzene rings is 1. The number of pyridine rings is 1. The van der Waals surface area contributed by atoms with Gasteiger partial charge in [0.15, 0.2) is 5.65 Å². The van der Waals surface area contributed by atoms with Crippen molar-refractivity contribution in [3.63, 3.8) is 0 Å². The SMILES string of the molecule is C[Si](C)(C)CCOCn1c(=O)n(COCC[Si](C)(C)C)c2nc3ccc(I)c(Cl)c3cc21. The molecule has 3 aromatic rings. The summed E-state index contributed by atoms with van der Waals surface area (Å²) >= 11 is 8.77. The Labute approximate surface area is 210 Å². The van der Waals surface area contributed by atoms with E-state index < -0.39 is 16.1 Å². The van der Waals surface area contributed by atoms with Crippen molar-refractivity contribution in [2.45, 2.75) is 64.8 Å². The van der Waals surface area contributed by atoms with E-state index in [4.69, 9.17) is 26.1 Å². The van der Waals surface area contributed by atoms with Gasteiger partial charge in [0.05, 0.1) is 16.1 Å². The van der Waals surface area contributed by atoms with Crippen LogP contribution < -0.4 is 5.69 Å². The zero-order valence-corrected chi connectivity index (χ0v) is 24.7. The van der Waals surface area contributed by atoms with E-state index in [0.717, 1.165) is 26.6 Å². The Balaban J connectivity index is 1.97. The van der Waals surface area contributed by atoms with Crippen LogP contribution in [0, 0.1) is 3.57 Å². The van der Waals surface area contributed by atoms with Crippen LogP contribution in [0.15, 0.2) is 23.0 Å². The summed E-state index contributed by atoms with van der Waals surface area (Å²) in [5.74, 6) is 0. The molecule has 0 atom stereocenters. The van der Waals surface area contributed by atoms with Crippen LogP contribution in [0.4, 0.5) is 0 Å². The Morgan fingerprint density at radius 1 is 0.969 bits per heavy atom. The van der Waals surface area contributed by atoms with Crippen LogP contribution >= 0.6 is 34.2 Å². The van der Waals surface area contributed by atoms with Gasteiger partial charge in [0.25, 0.3) is 0 Å². The number of hydrogen-bond acceptors (Lipinski definition) is 4. The lowest BCUT2D eigenvalue weighted by Crippen LogP contribution is -2.28. The number of imidazole rings is 1. The summed E-state index contributed by atoms with van der Waals surface area (Å²) in [5.41, 5.74) is 1.90. The molecule has 2 aromatic heterocycles. The molecule has 32 heavy (non-hydrogen) atoms. The van der Waals surface area contributed by atoms with Crippen molar-refractivity contribution in [3.8, 4) is 0 Å². The maximum absolute atomic E-state index is 13.3.